The van der Waals surface area contributed by atoms with Crippen molar-refractivity contribution in [3.8, 4) is 0 Å². The molecule has 4 nitrogen and oxygen atoms in total. The van der Waals surface area contributed by atoms with Gasteiger partial charge in [-0.3, -0.25) is 4.79 Å². The van der Waals surface area contributed by atoms with Crippen LogP contribution in [0, 0.1) is 0 Å². The van der Waals surface area contributed by atoms with Gasteiger partial charge in [-0.15, -0.1) is 0 Å². The number of H-pyrrole nitrogens is 1. The van der Waals surface area contributed by atoms with Crippen molar-refractivity contribution in [3.05, 3.63) is 70.4 Å². The first-order valence-electron chi connectivity index (χ1n) is 8.97. The Morgan fingerprint density at radius 2 is 1.96 bits per heavy atom. The minimum atomic E-state index is -0.557. The highest BCUT2D eigenvalue weighted by Crippen LogP contribution is 2.49. The highest BCUT2D eigenvalue weighted by Gasteiger charge is 2.47. The topological polar surface area (TPSA) is 54.1 Å². The molecule has 0 bridgehead atoms. The summed E-state index contributed by atoms with van der Waals surface area (Å²) in [5.41, 5.74) is 3.34. The van der Waals surface area contributed by atoms with Crippen molar-refractivity contribution in [2.75, 3.05) is 13.1 Å². The van der Waals surface area contributed by atoms with E-state index in [0.717, 1.165) is 42.4 Å². The van der Waals surface area contributed by atoms with E-state index in [1.807, 2.05) is 36.4 Å². The van der Waals surface area contributed by atoms with Crippen LogP contribution in [0.5, 0.6) is 0 Å². The van der Waals surface area contributed by atoms with E-state index in [-0.39, 0.29) is 11.4 Å². The predicted octanol–water partition coefficient (Wildman–Crippen LogP) is 4.35. The van der Waals surface area contributed by atoms with E-state index in [1.54, 1.807) is 6.20 Å². The van der Waals surface area contributed by atoms with Gasteiger partial charge in [-0.25, -0.2) is 0 Å². The second-order valence-electron chi connectivity index (χ2n) is 7.09. The van der Waals surface area contributed by atoms with Crippen LogP contribution in [0.25, 0.3) is 10.9 Å². The Morgan fingerprint density at radius 1 is 1.15 bits per heavy atom. The first-order chi connectivity index (χ1) is 12.7. The molecule has 0 unspecified atom stereocenters. The fourth-order valence-corrected chi connectivity index (χ4v) is 4.52. The normalized spacial score (nSPS) is 21.2. The standard InChI is InChI=1S/C21H19ClN2O2/c22-13-5-6-14-16(12-24-18(14)11-13)19(25)20-15-3-1-2-4-17(15)21(26-20)7-9-23-10-8-21/h1-6,11-12,20,23-24H,7-10H2/t20-/m1/s1. The summed E-state index contributed by atoms with van der Waals surface area (Å²) in [5, 5.41) is 4.91. The molecule has 2 N–H and O–H groups in total. The average molecular weight is 367 g/mol. The third-order valence-electron chi connectivity index (χ3n) is 5.64. The number of benzene rings is 2. The predicted molar refractivity (Wildman–Crippen MR) is 102 cm³/mol. The molecule has 0 aliphatic carbocycles. The van der Waals surface area contributed by atoms with Gasteiger partial charge in [0.2, 0.25) is 0 Å². The van der Waals surface area contributed by atoms with Crippen molar-refractivity contribution < 1.29 is 9.53 Å². The lowest BCUT2D eigenvalue weighted by molar-refractivity contribution is -0.0805. The number of carbonyl (C=O) groups is 1. The lowest BCUT2D eigenvalue weighted by Crippen LogP contribution is -2.40. The van der Waals surface area contributed by atoms with E-state index in [9.17, 15) is 4.79 Å². The number of ketones is 1. The fourth-order valence-electron chi connectivity index (χ4n) is 4.35. The first-order valence-corrected chi connectivity index (χ1v) is 9.35. The number of hydrogen-bond donors (Lipinski definition) is 2. The summed E-state index contributed by atoms with van der Waals surface area (Å²) >= 11 is 6.06. The summed E-state index contributed by atoms with van der Waals surface area (Å²) in [5.74, 6) is 0.00132. The van der Waals surface area contributed by atoms with E-state index in [4.69, 9.17) is 16.3 Å². The van der Waals surface area contributed by atoms with Crippen molar-refractivity contribution in [1.29, 1.82) is 0 Å². The van der Waals surface area contributed by atoms with Crippen LogP contribution in [0.4, 0.5) is 0 Å². The molecule has 1 atom stereocenters. The van der Waals surface area contributed by atoms with Crippen molar-refractivity contribution in [1.82, 2.24) is 10.3 Å². The van der Waals surface area contributed by atoms with Gasteiger partial charge in [-0.1, -0.05) is 41.9 Å². The third-order valence-corrected chi connectivity index (χ3v) is 5.87. The molecule has 1 spiro atoms. The molecule has 0 radical (unpaired) electrons. The third kappa shape index (κ3) is 2.33. The number of ether oxygens (including phenoxy) is 1. The molecule has 0 saturated carbocycles. The lowest BCUT2D eigenvalue weighted by atomic mass is 9.84. The van der Waals surface area contributed by atoms with Crippen LogP contribution in [0.2, 0.25) is 5.02 Å². The number of halogens is 1. The second kappa shape index (κ2) is 5.95. The summed E-state index contributed by atoms with van der Waals surface area (Å²) in [6, 6.07) is 13.7. The number of rotatable bonds is 2. The van der Waals surface area contributed by atoms with Gasteiger partial charge in [0.15, 0.2) is 5.78 Å². The maximum atomic E-state index is 13.4. The Balaban J connectivity index is 1.58. The van der Waals surface area contributed by atoms with E-state index in [2.05, 4.69) is 16.4 Å². The molecule has 0 amide bonds. The highest BCUT2D eigenvalue weighted by atomic mass is 35.5. The van der Waals surface area contributed by atoms with Gasteiger partial charge in [0.1, 0.15) is 6.10 Å². The molecule has 5 rings (SSSR count). The van der Waals surface area contributed by atoms with Crippen LogP contribution in [-0.2, 0) is 10.3 Å². The highest BCUT2D eigenvalue weighted by molar-refractivity contribution is 6.31. The maximum absolute atomic E-state index is 13.4. The van der Waals surface area contributed by atoms with Crippen LogP contribution < -0.4 is 5.32 Å². The minimum absolute atomic E-state index is 0.00132. The molecule has 3 aromatic rings. The molecular formula is C21H19ClN2O2. The second-order valence-corrected chi connectivity index (χ2v) is 7.52. The molecule has 1 saturated heterocycles. The van der Waals surface area contributed by atoms with Gasteiger partial charge in [0, 0.05) is 27.7 Å². The van der Waals surface area contributed by atoms with Crippen LogP contribution in [0.1, 0.15) is 40.4 Å². The first kappa shape index (κ1) is 16.1. The molecule has 1 fully saturated rings. The average Bonchev–Trinajstić information content (AvgIpc) is 3.22. The number of piperidine rings is 1. The van der Waals surface area contributed by atoms with Crippen molar-refractivity contribution in [2.45, 2.75) is 24.5 Å². The van der Waals surface area contributed by atoms with E-state index < -0.39 is 6.10 Å². The van der Waals surface area contributed by atoms with Gasteiger partial charge in [-0.2, -0.15) is 0 Å². The number of hydrogen-bond acceptors (Lipinski definition) is 3. The molecule has 132 valence electrons. The number of carbonyl (C=O) groups excluding carboxylic acids is 1. The molecule has 3 heterocycles. The van der Waals surface area contributed by atoms with E-state index >= 15 is 0 Å². The van der Waals surface area contributed by atoms with Gasteiger partial charge in [0.25, 0.3) is 0 Å². The minimum Gasteiger partial charge on any atom is -0.360 e. The van der Waals surface area contributed by atoms with Crippen LogP contribution in [-0.4, -0.2) is 23.9 Å². The summed E-state index contributed by atoms with van der Waals surface area (Å²) in [6.45, 7) is 1.81. The zero-order valence-electron chi connectivity index (χ0n) is 14.2. The van der Waals surface area contributed by atoms with E-state index in [0.29, 0.717) is 10.6 Å². The number of aromatic amines is 1. The quantitative estimate of drug-likeness (QED) is 0.663. The molecule has 2 aliphatic rings. The van der Waals surface area contributed by atoms with Crippen LogP contribution >= 0.6 is 11.6 Å². The summed E-state index contributed by atoms with van der Waals surface area (Å²) in [7, 11) is 0. The monoisotopic (exact) mass is 366 g/mol. The Bertz CT molecular complexity index is 1000. The van der Waals surface area contributed by atoms with Gasteiger partial charge in [0.05, 0.1) is 5.60 Å². The summed E-state index contributed by atoms with van der Waals surface area (Å²) in [6.07, 6.45) is 2.98. The smallest absolute Gasteiger partial charge is 0.198 e. The van der Waals surface area contributed by atoms with Crippen LogP contribution in [0.15, 0.2) is 48.7 Å². The SMILES string of the molecule is O=C(c1c[nH]c2cc(Cl)ccc12)[C@@H]1OC2(CCNCC2)c2ccccc21. The van der Waals surface area contributed by atoms with Crippen molar-refractivity contribution >= 4 is 28.3 Å². The molecule has 5 heteroatoms. The Morgan fingerprint density at radius 3 is 2.81 bits per heavy atom. The Labute approximate surface area is 156 Å². The number of Topliss-reactive ketones (excluding diaryl/α,β-unsaturated/α-hetero) is 1. The molecule has 26 heavy (non-hydrogen) atoms. The van der Waals surface area contributed by atoms with Gasteiger partial charge >= 0.3 is 0 Å². The fraction of sp³-hybridized carbons (Fsp3) is 0.286. The zero-order valence-corrected chi connectivity index (χ0v) is 15.0. The zero-order chi connectivity index (χ0) is 17.7. The van der Waals surface area contributed by atoms with E-state index in [1.165, 1.54) is 5.56 Å². The van der Waals surface area contributed by atoms with Crippen molar-refractivity contribution in [2.24, 2.45) is 0 Å². The van der Waals surface area contributed by atoms with Gasteiger partial charge < -0.3 is 15.0 Å². The number of nitrogens with one attached hydrogen (secondary N) is 2. The molecule has 2 aliphatic heterocycles. The maximum Gasteiger partial charge on any atom is 0.198 e. The largest absolute Gasteiger partial charge is 0.360 e. The van der Waals surface area contributed by atoms with Crippen LogP contribution in [0.3, 0.4) is 0 Å². The lowest BCUT2D eigenvalue weighted by Gasteiger charge is -2.34. The number of fused-ring (bicyclic) bond motifs is 3. The van der Waals surface area contributed by atoms with Gasteiger partial charge in [-0.05, 0) is 49.2 Å². The summed E-state index contributed by atoms with van der Waals surface area (Å²) < 4.78 is 6.49. The Hall–Kier alpha value is -2.14. The molecule has 1 aromatic heterocycles. The summed E-state index contributed by atoms with van der Waals surface area (Å²) in [4.78, 5) is 16.6. The number of aromatic nitrogens is 1. The van der Waals surface area contributed by atoms with Crippen molar-refractivity contribution in [3.63, 3.8) is 0 Å². The molecular weight excluding hydrogens is 348 g/mol. The molecule has 2 aromatic carbocycles. The Kier molecular flexibility index (Phi) is 3.67.